The van der Waals surface area contributed by atoms with Crippen LogP contribution in [0.25, 0.3) is 0 Å². The van der Waals surface area contributed by atoms with Crippen molar-refractivity contribution in [3.63, 3.8) is 0 Å². The number of hydrogen-bond acceptors (Lipinski definition) is 7. The van der Waals surface area contributed by atoms with E-state index in [2.05, 4.69) is 6.07 Å². The number of aryl methyl sites for hydroxylation is 2. The summed E-state index contributed by atoms with van der Waals surface area (Å²) in [5, 5.41) is 21.7. The molecule has 33 heavy (non-hydrogen) atoms. The minimum Gasteiger partial charge on any atom is -0.384 e. The predicted molar refractivity (Wildman–Crippen MR) is 129 cm³/mol. The number of nitrogens with two attached hydrogens (primary N) is 1. The summed E-state index contributed by atoms with van der Waals surface area (Å²) in [4.78, 5) is 28.2. The van der Waals surface area contributed by atoms with Crippen molar-refractivity contribution < 1.29 is 9.72 Å². The first-order valence-corrected chi connectivity index (χ1v) is 11.6. The Kier molecular flexibility index (Phi) is 5.59. The van der Waals surface area contributed by atoms with Gasteiger partial charge in [0.2, 0.25) is 0 Å². The van der Waals surface area contributed by atoms with Crippen molar-refractivity contribution >= 4 is 40.1 Å². The Morgan fingerprint density at radius 2 is 2.00 bits per heavy atom. The summed E-state index contributed by atoms with van der Waals surface area (Å²) in [6.07, 6.45) is 0.875. The molecule has 4 rings (SSSR count). The number of nitro groups is 1. The fourth-order valence-electron chi connectivity index (χ4n) is 4.83. The Labute approximate surface area is 200 Å². The SMILES string of the molecule is Cc1cc([C@H]2C(C#N)=C(N)N(c3ccc(Cl)c([N+](=O)[O-])c3)C3=C2C(=O)CC(C)(C)C3)c(C)s1. The van der Waals surface area contributed by atoms with Gasteiger partial charge in [0.15, 0.2) is 5.78 Å². The molecule has 0 unspecified atom stereocenters. The Balaban J connectivity index is 2.03. The number of nitrogens with zero attached hydrogens (tertiary/aromatic N) is 3. The second kappa shape index (κ2) is 8.01. The number of nitriles is 1. The van der Waals surface area contributed by atoms with Gasteiger partial charge >= 0.3 is 0 Å². The lowest BCUT2D eigenvalue weighted by atomic mass is 9.68. The molecular weight excluding hydrogens is 460 g/mol. The molecule has 1 aliphatic carbocycles. The number of carbonyl (C=O) groups is 1. The van der Waals surface area contributed by atoms with Crippen LogP contribution in [0.1, 0.15) is 47.9 Å². The number of anilines is 1. The van der Waals surface area contributed by atoms with Crippen LogP contribution in [0.4, 0.5) is 11.4 Å². The van der Waals surface area contributed by atoms with E-state index >= 15 is 0 Å². The third kappa shape index (κ3) is 3.81. The highest BCUT2D eigenvalue weighted by Crippen LogP contribution is 2.51. The number of allylic oxidation sites excluding steroid dienone is 3. The van der Waals surface area contributed by atoms with Gasteiger partial charge in [-0.05, 0) is 49.4 Å². The molecular formula is C24H23ClN4O3S. The van der Waals surface area contributed by atoms with Crippen LogP contribution in [0, 0.1) is 40.7 Å². The second-order valence-corrected chi connectivity index (χ2v) is 11.1. The van der Waals surface area contributed by atoms with E-state index in [9.17, 15) is 20.2 Å². The molecule has 2 aromatic rings. The lowest BCUT2D eigenvalue weighted by molar-refractivity contribution is -0.384. The highest BCUT2D eigenvalue weighted by Gasteiger charge is 2.45. The molecule has 1 aromatic carbocycles. The van der Waals surface area contributed by atoms with Crippen LogP contribution in [-0.2, 0) is 4.79 Å². The van der Waals surface area contributed by atoms with Crippen molar-refractivity contribution in [1.29, 1.82) is 5.26 Å². The molecule has 0 bridgehead atoms. The zero-order chi connectivity index (χ0) is 24.2. The average molecular weight is 483 g/mol. The summed E-state index contributed by atoms with van der Waals surface area (Å²) in [7, 11) is 0. The van der Waals surface area contributed by atoms with Crippen LogP contribution in [-0.4, -0.2) is 10.7 Å². The number of Topliss-reactive ketones (excluding diaryl/α,β-unsaturated/α-hetero) is 1. The first kappa shape index (κ1) is 23.0. The zero-order valence-electron chi connectivity index (χ0n) is 18.7. The fraction of sp³-hybridized carbons (Fsp3) is 0.333. The Hall–Kier alpha value is -3.15. The van der Waals surface area contributed by atoms with Gasteiger partial charge in [-0.15, -0.1) is 11.3 Å². The summed E-state index contributed by atoms with van der Waals surface area (Å²) in [5.74, 6) is -0.424. The van der Waals surface area contributed by atoms with E-state index in [1.165, 1.54) is 12.1 Å². The van der Waals surface area contributed by atoms with Gasteiger partial charge in [0.25, 0.3) is 5.69 Å². The summed E-state index contributed by atoms with van der Waals surface area (Å²) in [6, 6.07) is 8.63. The van der Waals surface area contributed by atoms with Gasteiger partial charge in [-0.3, -0.25) is 19.8 Å². The molecule has 1 atom stereocenters. The second-order valence-electron chi connectivity index (χ2n) is 9.24. The molecule has 0 spiro atoms. The van der Waals surface area contributed by atoms with Gasteiger partial charge in [0.1, 0.15) is 10.8 Å². The van der Waals surface area contributed by atoms with Crippen molar-refractivity contribution in [3.8, 4) is 6.07 Å². The van der Waals surface area contributed by atoms with Gasteiger partial charge in [-0.25, -0.2) is 0 Å². The van der Waals surface area contributed by atoms with Crippen LogP contribution in [0.5, 0.6) is 0 Å². The van der Waals surface area contributed by atoms with Gasteiger partial charge in [0.05, 0.1) is 28.2 Å². The third-order valence-corrected chi connectivity index (χ3v) is 7.46. The quantitative estimate of drug-likeness (QED) is 0.432. The highest BCUT2D eigenvalue weighted by atomic mass is 35.5. The largest absolute Gasteiger partial charge is 0.384 e. The van der Waals surface area contributed by atoms with Crippen LogP contribution < -0.4 is 10.6 Å². The van der Waals surface area contributed by atoms with Crippen LogP contribution in [0.3, 0.4) is 0 Å². The summed E-state index contributed by atoms with van der Waals surface area (Å²) >= 11 is 7.64. The molecule has 2 N–H and O–H groups in total. The van der Waals surface area contributed by atoms with E-state index < -0.39 is 10.8 Å². The molecule has 0 fully saturated rings. The normalized spacial score (nSPS) is 20.1. The third-order valence-electron chi connectivity index (χ3n) is 6.16. The van der Waals surface area contributed by atoms with Gasteiger partial charge in [-0.2, -0.15) is 5.26 Å². The van der Waals surface area contributed by atoms with E-state index in [0.29, 0.717) is 29.8 Å². The fourth-order valence-corrected chi connectivity index (χ4v) is 5.98. The number of benzene rings is 1. The lowest BCUT2D eigenvalue weighted by Gasteiger charge is -2.43. The molecule has 7 nitrogen and oxygen atoms in total. The standard InChI is InChI=1S/C24H23ClN4O3S/c1-12-7-15(13(2)33-12)21-16(11-26)23(27)28(14-5-6-17(25)18(8-14)29(31)32)19-9-24(3,4)10-20(30)22(19)21/h5-8,21H,9-10,27H2,1-4H3/t21-/m0/s1. The van der Waals surface area contributed by atoms with Gasteiger partial charge in [0, 0.05) is 33.5 Å². The molecule has 9 heteroatoms. The van der Waals surface area contributed by atoms with E-state index in [-0.39, 0.29) is 33.3 Å². The van der Waals surface area contributed by atoms with Crippen LogP contribution in [0.2, 0.25) is 5.02 Å². The molecule has 0 amide bonds. The number of carbonyl (C=O) groups excluding carboxylic acids is 1. The maximum absolute atomic E-state index is 13.5. The molecule has 170 valence electrons. The van der Waals surface area contributed by atoms with E-state index in [4.69, 9.17) is 17.3 Å². The summed E-state index contributed by atoms with van der Waals surface area (Å²) in [5.41, 5.74) is 8.77. The molecule has 0 radical (unpaired) electrons. The van der Waals surface area contributed by atoms with Crippen LogP contribution >= 0.6 is 22.9 Å². The summed E-state index contributed by atoms with van der Waals surface area (Å²) < 4.78 is 0. The maximum atomic E-state index is 13.5. The average Bonchev–Trinajstić information content (AvgIpc) is 3.04. The van der Waals surface area contributed by atoms with Crippen molar-refractivity contribution in [2.24, 2.45) is 11.1 Å². The van der Waals surface area contributed by atoms with Crippen LogP contribution in [0.15, 0.2) is 46.9 Å². The molecule has 2 aliphatic rings. The maximum Gasteiger partial charge on any atom is 0.289 e. The minimum absolute atomic E-state index is 0.000297. The Morgan fingerprint density at radius 1 is 1.30 bits per heavy atom. The minimum atomic E-state index is -0.563. The van der Waals surface area contributed by atoms with Gasteiger partial charge in [-0.1, -0.05) is 25.4 Å². The van der Waals surface area contributed by atoms with Gasteiger partial charge < -0.3 is 5.73 Å². The number of ketones is 1. The summed E-state index contributed by atoms with van der Waals surface area (Å²) in [6.45, 7) is 7.98. The first-order valence-electron chi connectivity index (χ1n) is 10.4. The lowest BCUT2D eigenvalue weighted by Crippen LogP contribution is -2.42. The molecule has 1 aromatic heterocycles. The topological polar surface area (TPSA) is 113 Å². The van der Waals surface area contributed by atoms with Crippen molar-refractivity contribution in [3.05, 3.63) is 77.4 Å². The highest BCUT2D eigenvalue weighted by molar-refractivity contribution is 7.12. The Morgan fingerprint density at radius 3 is 2.58 bits per heavy atom. The van der Waals surface area contributed by atoms with Crippen molar-refractivity contribution in [2.45, 2.75) is 46.5 Å². The molecule has 1 aliphatic heterocycles. The molecule has 0 saturated heterocycles. The number of halogens is 1. The number of thiophene rings is 1. The first-order chi connectivity index (χ1) is 15.4. The molecule has 0 saturated carbocycles. The number of hydrogen-bond donors (Lipinski definition) is 1. The van der Waals surface area contributed by atoms with E-state index in [1.807, 2.05) is 33.8 Å². The zero-order valence-corrected chi connectivity index (χ0v) is 20.3. The number of rotatable bonds is 3. The predicted octanol–water partition coefficient (Wildman–Crippen LogP) is 5.87. The van der Waals surface area contributed by atoms with E-state index in [1.54, 1.807) is 22.3 Å². The number of nitro benzene ring substituents is 1. The van der Waals surface area contributed by atoms with Crippen molar-refractivity contribution in [1.82, 2.24) is 0 Å². The van der Waals surface area contributed by atoms with E-state index in [0.717, 1.165) is 15.3 Å². The molecule has 2 heterocycles. The monoisotopic (exact) mass is 482 g/mol. The smallest absolute Gasteiger partial charge is 0.289 e. The Bertz CT molecular complexity index is 1320. The van der Waals surface area contributed by atoms with Crippen molar-refractivity contribution in [2.75, 3.05) is 4.90 Å².